The van der Waals surface area contributed by atoms with Gasteiger partial charge < -0.3 is 35.5 Å². The number of nitrogens with one attached hydrogen (secondary N) is 1. The molecule has 3 fully saturated rings. The van der Waals surface area contributed by atoms with Crippen LogP contribution in [0.15, 0.2) is 10.6 Å². The summed E-state index contributed by atoms with van der Waals surface area (Å²) >= 11 is 1.43. The molecule has 0 unspecified atom stereocenters. The van der Waals surface area contributed by atoms with E-state index in [0.29, 0.717) is 48.5 Å². The molecular weight excluding hydrogens is 462 g/mol. The fourth-order valence-corrected chi connectivity index (χ4v) is 7.24. The number of rotatable bonds is 7. The van der Waals surface area contributed by atoms with Crippen LogP contribution >= 0.6 is 11.8 Å². The minimum absolute atomic E-state index is 0.000233. The second kappa shape index (κ2) is 9.14. The Kier molecular flexibility index (Phi) is 6.71. The summed E-state index contributed by atoms with van der Waals surface area (Å²) in [6.45, 7) is 6.74. The molecule has 5 N–H and O–H groups in total. The van der Waals surface area contributed by atoms with Crippen LogP contribution in [0.2, 0.25) is 0 Å². The predicted molar refractivity (Wildman–Crippen MR) is 124 cm³/mol. The molecule has 4 aliphatic heterocycles. The summed E-state index contributed by atoms with van der Waals surface area (Å²) in [6.07, 6.45) is -0.270. The highest BCUT2D eigenvalue weighted by Crippen LogP contribution is 2.51. The molecule has 11 nitrogen and oxygen atoms in total. The van der Waals surface area contributed by atoms with E-state index < -0.39 is 18.0 Å². The molecule has 0 aliphatic carbocycles. The van der Waals surface area contributed by atoms with E-state index >= 15 is 0 Å². The topological polar surface area (TPSA) is 153 Å². The maximum Gasteiger partial charge on any atom is 0.353 e. The number of carbonyl (C=O) groups is 4. The number of hydrogen-bond donors (Lipinski definition) is 4. The quantitative estimate of drug-likeness (QED) is 0.242. The van der Waals surface area contributed by atoms with Crippen molar-refractivity contribution in [2.24, 2.45) is 17.6 Å². The van der Waals surface area contributed by atoms with Crippen LogP contribution in [-0.4, -0.2) is 118 Å². The summed E-state index contributed by atoms with van der Waals surface area (Å²) < 4.78 is 0.531. The van der Waals surface area contributed by atoms with Gasteiger partial charge in [-0.15, -0.1) is 11.8 Å². The molecule has 4 rings (SSSR count). The average molecular weight is 497 g/mol. The van der Waals surface area contributed by atoms with Gasteiger partial charge in [0, 0.05) is 22.6 Å². The van der Waals surface area contributed by atoms with Gasteiger partial charge in [0.05, 0.1) is 57.3 Å². The van der Waals surface area contributed by atoms with Crippen molar-refractivity contribution in [2.45, 2.75) is 43.7 Å². The highest BCUT2D eigenvalue weighted by atomic mass is 32.2. The lowest BCUT2D eigenvalue weighted by Gasteiger charge is -2.46. The van der Waals surface area contributed by atoms with Gasteiger partial charge in [-0.05, 0) is 13.3 Å². The summed E-state index contributed by atoms with van der Waals surface area (Å²) in [4.78, 5) is 52.7. The normalized spacial score (nSPS) is 33.5. The molecule has 3 amide bonds. The van der Waals surface area contributed by atoms with E-state index in [-0.39, 0.29) is 53.2 Å². The second-order valence-corrected chi connectivity index (χ2v) is 11.6. The molecule has 188 valence electrons. The number of nitrogens with two attached hydrogens (primary N) is 1. The van der Waals surface area contributed by atoms with Gasteiger partial charge in [-0.1, -0.05) is 6.92 Å². The standard InChI is InChI=1S/C22H33N5O6S/c1-11-17-16(12(2)28)21(31)26(17)18(22(32)33)19(11)34-13-8-14(24-9-13)20(30)25-4-6-27(3,7-5-25)10-15(23)29/h11-14,16-17,24,28H,4-10H2,1-3H3,(H2-,23,29,32,33)/p+1/t11-,12-,13+,14+,16-,17-/m1/s1. The van der Waals surface area contributed by atoms with Gasteiger partial charge in [-0.25, -0.2) is 4.79 Å². The largest absolute Gasteiger partial charge is 0.477 e. The average Bonchev–Trinajstić information content (AvgIpc) is 3.29. The highest BCUT2D eigenvalue weighted by Gasteiger charge is 2.60. The highest BCUT2D eigenvalue weighted by molar-refractivity contribution is 8.03. The Hall–Kier alpha value is -2.15. The van der Waals surface area contributed by atoms with Gasteiger partial charge in [0.25, 0.3) is 5.91 Å². The second-order valence-electron chi connectivity index (χ2n) is 10.2. The Morgan fingerprint density at radius 1 is 1.29 bits per heavy atom. The Morgan fingerprint density at radius 3 is 2.50 bits per heavy atom. The number of β-lactam (4-membered cyclic amide) rings is 1. The molecule has 0 aromatic rings. The summed E-state index contributed by atoms with van der Waals surface area (Å²) in [6, 6.07) is -0.686. The molecule has 3 saturated heterocycles. The number of likely N-dealkylation sites (N-methyl/N-ethyl adjacent to an activating group) is 1. The number of hydrogen-bond acceptors (Lipinski definition) is 7. The summed E-state index contributed by atoms with van der Waals surface area (Å²) in [5.41, 5.74) is 5.37. The molecule has 6 atom stereocenters. The molecule has 0 saturated carbocycles. The number of thioether (sulfide) groups is 1. The molecule has 0 spiro atoms. The molecule has 0 aromatic carbocycles. The molecular formula is C22H34N5O6S+. The third-order valence-corrected chi connectivity index (χ3v) is 9.17. The first kappa shape index (κ1) is 25.0. The number of carboxylic acids is 1. The maximum atomic E-state index is 13.1. The van der Waals surface area contributed by atoms with Crippen LogP contribution in [0.3, 0.4) is 0 Å². The van der Waals surface area contributed by atoms with E-state index in [0.717, 1.165) is 0 Å². The van der Waals surface area contributed by atoms with Crippen LogP contribution < -0.4 is 11.1 Å². The monoisotopic (exact) mass is 496 g/mol. The van der Waals surface area contributed by atoms with Crippen molar-refractivity contribution in [3.8, 4) is 0 Å². The first-order valence-corrected chi connectivity index (χ1v) is 12.6. The lowest BCUT2D eigenvalue weighted by Crippen LogP contribution is -2.63. The number of carbonyl (C=O) groups excluding carboxylic acids is 3. The number of quaternary nitrogens is 1. The van der Waals surface area contributed by atoms with E-state index in [1.165, 1.54) is 16.7 Å². The lowest BCUT2D eigenvalue weighted by atomic mass is 9.79. The molecule has 34 heavy (non-hydrogen) atoms. The molecule has 12 heteroatoms. The smallest absolute Gasteiger partial charge is 0.353 e. The van der Waals surface area contributed by atoms with Crippen LogP contribution in [0.1, 0.15) is 20.3 Å². The minimum atomic E-state index is -1.14. The Labute approximate surface area is 202 Å². The van der Waals surface area contributed by atoms with Gasteiger partial charge in [0.2, 0.25) is 11.8 Å². The number of piperazine rings is 1. The van der Waals surface area contributed by atoms with Crippen molar-refractivity contribution in [1.29, 1.82) is 0 Å². The van der Waals surface area contributed by atoms with Crippen LogP contribution in [0.5, 0.6) is 0 Å². The summed E-state index contributed by atoms with van der Waals surface area (Å²) in [5, 5.41) is 23.1. The zero-order chi connectivity index (χ0) is 24.9. The Balaban J connectivity index is 1.38. The lowest BCUT2D eigenvalue weighted by molar-refractivity contribution is -0.905. The number of nitrogens with zero attached hydrogens (tertiary/aromatic N) is 3. The Morgan fingerprint density at radius 2 is 1.94 bits per heavy atom. The zero-order valence-electron chi connectivity index (χ0n) is 19.8. The van der Waals surface area contributed by atoms with Gasteiger partial charge in [0.1, 0.15) is 5.70 Å². The van der Waals surface area contributed by atoms with E-state index in [1.807, 2.05) is 18.9 Å². The maximum absolute atomic E-state index is 13.1. The number of aliphatic hydroxyl groups excluding tert-OH is 1. The van der Waals surface area contributed by atoms with Crippen molar-refractivity contribution < 1.29 is 33.9 Å². The number of aliphatic carboxylic acids is 1. The fraction of sp³-hybridized carbons (Fsp3) is 0.727. The number of aliphatic hydroxyl groups is 1. The third-order valence-electron chi connectivity index (χ3n) is 7.66. The summed E-state index contributed by atoms with van der Waals surface area (Å²) in [7, 11) is 1.97. The molecule has 4 aliphatic rings. The Bertz CT molecular complexity index is 931. The van der Waals surface area contributed by atoms with Crippen LogP contribution in [-0.2, 0) is 19.2 Å². The fourth-order valence-electron chi connectivity index (χ4n) is 5.76. The summed E-state index contributed by atoms with van der Waals surface area (Å²) in [5.74, 6) is -2.58. The van der Waals surface area contributed by atoms with Crippen molar-refractivity contribution in [3.05, 3.63) is 10.6 Å². The number of primary amides is 1. The van der Waals surface area contributed by atoms with Crippen LogP contribution in [0.25, 0.3) is 0 Å². The van der Waals surface area contributed by atoms with Crippen LogP contribution in [0, 0.1) is 11.8 Å². The first-order chi connectivity index (χ1) is 15.9. The van der Waals surface area contributed by atoms with Gasteiger partial charge in [0.15, 0.2) is 6.54 Å². The van der Waals surface area contributed by atoms with E-state index in [4.69, 9.17) is 5.73 Å². The van der Waals surface area contributed by atoms with E-state index in [1.54, 1.807) is 6.92 Å². The van der Waals surface area contributed by atoms with Crippen LogP contribution in [0.4, 0.5) is 0 Å². The molecule has 0 radical (unpaired) electrons. The number of carboxylic acid groups (broad SMARTS) is 1. The van der Waals surface area contributed by atoms with Crippen molar-refractivity contribution in [3.63, 3.8) is 0 Å². The van der Waals surface area contributed by atoms with Gasteiger partial charge >= 0.3 is 5.97 Å². The number of amides is 3. The van der Waals surface area contributed by atoms with E-state index in [9.17, 15) is 29.4 Å². The first-order valence-electron chi connectivity index (χ1n) is 11.7. The van der Waals surface area contributed by atoms with Gasteiger partial charge in [-0.2, -0.15) is 0 Å². The molecule has 0 aromatic heterocycles. The van der Waals surface area contributed by atoms with Crippen molar-refractivity contribution in [2.75, 3.05) is 46.3 Å². The van der Waals surface area contributed by atoms with Gasteiger partial charge in [-0.3, -0.25) is 14.4 Å². The van der Waals surface area contributed by atoms with Crippen molar-refractivity contribution >= 4 is 35.5 Å². The minimum Gasteiger partial charge on any atom is -0.477 e. The predicted octanol–water partition coefficient (Wildman–Crippen LogP) is -1.62. The number of fused-ring (bicyclic) bond motifs is 1. The molecule has 0 bridgehead atoms. The molecule has 4 heterocycles. The zero-order valence-corrected chi connectivity index (χ0v) is 20.6. The van der Waals surface area contributed by atoms with E-state index in [2.05, 4.69) is 5.32 Å². The third kappa shape index (κ3) is 4.32. The van der Waals surface area contributed by atoms with Crippen molar-refractivity contribution in [1.82, 2.24) is 15.1 Å². The SMILES string of the molecule is C[C@@H](O)[C@H]1C(=O)N2C(C(=O)O)=C(S[C@@H]3CN[C@H](C(=O)N4CC[N+](C)(CC(N)=O)CC4)C3)[C@H](C)[C@H]12.